The molecule has 1 aromatic carbocycles. The smallest absolute Gasteiger partial charge is 0.226 e. The fourth-order valence-corrected chi connectivity index (χ4v) is 3.65. The van der Waals surface area contributed by atoms with Gasteiger partial charge in [0, 0.05) is 12.5 Å². The normalized spacial score (nSPS) is 11.4. The molecule has 136 valence electrons. The SMILES string of the molecule is Cc1ccc(S(=O)(=O)CCC(=O)Nc2ccnn2Cc2ccco2)cc1. The van der Waals surface area contributed by atoms with E-state index in [0.29, 0.717) is 18.1 Å². The maximum atomic E-state index is 12.3. The van der Waals surface area contributed by atoms with Crippen LogP contribution in [0.5, 0.6) is 0 Å². The first-order valence-electron chi connectivity index (χ1n) is 8.07. The van der Waals surface area contributed by atoms with Crippen molar-refractivity contribution < 1.29 is 17.6 Å². The average molecular weight is 373 g/mol. The second-order valence-electron chi connectivity index (χ2n) is 5.88. The van der Waals surface area contributed by atoms with Gasteiger partial charge in [-0.3, -0.25) is 4.79 Å². The minimum Gasteiger partial charge on any atom is -0.467 e. The molecule has 7 nitrogen and oxygen atoms in total. The molecule has 0 saturated carbocycles. The van der Waals surface area contributed by atoms with Crippen LogP contribution in [0.1, 0.15) is 17.7 Å². The van der Waals surface area contributed by atoms with Gasteiger partial charge < -0.3 is 9.73 Å². The van der Waals surface area contributed by atoms with E-state index in [9.17, 15) is 13.2 Å². The fourth-order valence-electron chi connectivity index (χ4n) is 2.41. The molecular formula is C18H19N3O4S. The van der Waals surface area contributed by atoms with Gasteiger partial charge >= 0.3 is 0 Å². The van der Waals surface area contributed by atoms with Crippen molar-refractivity contribution in [3.8, 4) is 0 Å². The van der Waals surface area contributed by atoms with E-state index in [4.69, 9.17) is 4.42 Å². The molecule has 0 unspecified atom stereocenters. The molecule has 0 fully saturated rings. The summed E-state index contributed by atoms with van der Waals surface area (Å²) < 4.78 is 31.5. The van der Waals surface area contributed by atoms with E-state index in [2.05, 4.69) is 10.4 Å². The number of amides is 1. The number of hydrogen-bond donors (Lipinski definition) is 1. The van der Waals surface area contributed by atoms with Gasteiger partial charge in [0.05, 0.1) is 23.1 Å². The third-order valence-electron chi connectivity index (χ3n) is 3.85. The lowest BCUT2D eigenvalue weighted by Gasteiger charge is -2.08. The summed E-state index contributed by atoms with van der Waals surface area (Å²) in [6, 6.07) is 11.8. The van der Waals surface area contributed by atoms with Gasteiger partial charge in [-0.1, -0.05) is 17.7 Å². The van der Waals surface area contributed by atoms with Crippen LogP contribution in [0.25, 0.3) is 0 Å². The van der Waals surface area contributed by atoms with E-state index in [1.54, 1.807) is 59.6 Å². The molecule has 3 aromatic rings. The standard InChI is InChI=1S/C18H19N3O4S/c1-14-4-6-16(7-5-14)26(23,24)12-9-18(22)20-17-8-10-19-21(17)13-15-3-2-11-25-15/h2-8,10-11H,9,12-13H2,1H3,(H,20,22). The third-order valence-corrected chi connectivity index (χ3v) is 5.58. The number of nitrogens with one attached hydrogen (secondary N) is 1. The molecule has 3 rings (SSSR count). The van der Waals surface area contributed by atoms with E-state index in [-0.39, 0.29) is 23.0 Å². The molecule has 0 spiro atoms. The van der Waals surface area contributed by atoms with Crippen molar-refractivity contribution in [2.45, 2.75) is 24.8 Å². The van der Waals surface area contributed by atoms with Crippen molar-refractivity contribution in [3.05, 3.63) is 66.2 Å². The zero-order valence-electron chi connectivity index (χ0n) is 14.3. The van der Waals surface area contributed by atoms with Gasteiger partial charge in [0.25, 0.3) is 0 Å². The Labute approximate surface area is 151 Å². The van der Waals surface area contributed by atoms with Crippen LogP contribution in [0.2, 0.25) is 0 Å². The van der Waals surface area contributed by atoms with Gasteiger partial charge in [-0.25, -0.2) is 13.1 Å². The molecule has 0 radical (unpaired) electrons. The van der Waals surface area contributed by atoms with Crippen LogP contribution in [0, 0.1) is 6.92 Å². The van der Waals surface area contributed by atoms with Crippen molar-refractivity contribution in [1.82, 2.24) is 9.78 Å². The summed E-state index contributed by atoms with van der Waals surface area (Å²) >= 11 is 0. The van der Waals surface area contributed by atoms with Gasteiger partial charge in [-0.05, 0) is 31.2 Å². The quantitative estimate of drug-likeness (QED) is 0.687. The summed E-state index contributed by atoms with van der Waals surface area (Å²) in [5.74, 6) is 0.543. The molecular weight excluding hydrogens is 354 g/mol. The van der Waals surface area contributed by atoms with Crippen LogP contribution in [0.15, 0.2) is 64.2 Å². The van der Waals surface area contributed by atoms with E-state index in [1.807, 2.05) is 6.92 Å². The first kappa shape index (κ1) is 17.9. The first-order chi connectivity index (χ1) is 12.4. The van der Waals surface area contributed by atoms with Crippen LogP contribution in [0.3, 0.4) is 0 Å². The molecule has 0 aliphatic rings. The number of sulfone groups is 1. The van der Waals surface area contributed by atoms with Gasteiger partial charge in [-0.15, -0.1) is 0 Å². The van der Waals surface area contributed by atoms with Crippen LogP contribution < -0.4 is 5.32 Å². The second kappa shape index (κ2) is 7.57. The van der Waals surface area contributed by atoms with E-state index < -0.39 is 9.84 Å². The van der Waals surface area contributed by atoms with Crippen molar-refractivity contribution >= 4 is 21.6 Å². The molecule has 0 aliphatic heterocycles. The highest BCUT2D eigenvalue weighted by molar-refractivity contribution is 7.91. The highest BCUT2D eigenvalue weighted by Crippen LogP contribution is 2.14. The Morgan fingerprint density at radius 2 is 1.96 bits per heavy atom. The fraction of sp³-hybridized carbons (Fsp3) is 0.222. The van der Waals surface area contributed by atoms with E-state index in [0.717, 1.165) is 5.56 Å². The number of rotatable bonds is 7. The topological polar surface area (TPSA) is 94.2 Å². The molecule has 1 N–H and O–H groups in total. The number of aryl methyl sites for hydroxylation is 1. The lowest BCUT2D eigenvalue weighted by atomic mass is 10.2. The Kier molecular flexibility index (Phi) is 5.22. The molecule has 2 aromatic heterocycles. The molecule has 0 aliphatic carbocycles. The van der Waals surface area contributed by atoms with Crippen LogP contribution >= 0.6 is 0 Å². The molecule has 1 amide bonds. The zero-order chi connectivity index (χ0) is 18.6. The number of carbonyl (C=O) groups excluding carboxylic acids is 1. The summed E-state index contributed by atoms with van der Waals surface area (Å²) in [6.07, 6.45) is 2.98. The van der Waals surface area contributed by atoms with Crippen molar-refractivity contribution in [2.24, 2.45) is 0 Å². The van der Waals surface area contributed by atoms with Crippen molar-refractivity contribution in [1.29, 1.82) is 0 Å². The highest BCUT2D eigenvalue weighted by Gasteiger charge is 2.17. The molecule has 26 heavy (non-hydrogen) atoms. The molecule has 0 saturated heterocycles. The second-order valence-corrected chi connectivity index (χ2v) is 7.99. The Bertz CT molecular complexity index is 974. The molecule has 8 heteroatoms. The Hall–Kier alpha value is -2.87. The summed E-state index contributed by atoms with van der Waals surface area (Å²) in [5.41, 5.74) is 0.978. The molecule has 2 heterocycles. The first-order valence-corrected chi connectivity index (χ1v) is 9.73. The van der Waals surface area contributed by atoms with Crippen molar-refractivity contribution in [3.63, 3.8) is 0 Å². The summed E-state index contributed by atoms with van der Waals surface area (Å²) in [5, 5.41) is 6.82. The van der Waals surface area contributed by atoms with Gasteiger partial charge in [0.2, 0.25) is 5.91 Å². The van der Waals surface area contributed by atoms with Crippen molar-refractivity contribution in [2.75, 3.05) is 11.1 Å². The lowest BCUT2D eigenvalue weighted by molar-refractivity contribution is -0.115. The zero-order valence-corrected chi connectivity index (χ0v) is 15.1. The van der Waals surface area contributed by atoms with E-state index >= 15 is 0 Å². The summed E-state index contributed by atoms with van der Waals surface area (Å²) in [4.78, 5) is 12.4. The average Bonchev–Trinajstić information content (AvgIpc) is 3.27. The molecule has 0 bridgehead atoms. The number of nitrogens with zero attached hydrogens (tertiary/aromatic N) is 2. The predicted octanol–water partition coefficient (Wildman–Crippen LogP) is 2.64. The van der Waals surface area contributed by atoms with Gasteiger partial charge in [-0.2, -0.15) is 5.10 Å². The van der Waals surface area contributed by atoms with E-state index in [1.165, 1.54) is 0 Å². The van der Waals surface area contributed by atoms with Gasteiger partial charge in [0.15, 0.2) is 9.84 Å². The number of aromatic nitrogens is 2. The minimum atomic E-state index is -3.50. The summed E-state index contributed by atoms with van der Waals surface area (Å²) in [6.45, 7) is 2.26. The monoisotopic (exact) mass is 373 g/mol. The third kappa shape index (κ3) is 4.40. The number of hydrogen-bond acceptors (Lipinski definition) is 5. The van der Waals surface area contributed by atoms with Gasteiger partial charge in [0.1, 0.15) is 18.1 Å². The summed E-state index contributed by atoms with van der Waals surface area (Å²) in [7, 11) is -3.50. The maximum absolute atomic E-state index is 12.3. The maximum Gasteiger partial charge on any atom is 0.226 e. The largest absolute Gasteiger partial charge is 0.467 e. The minimum absolute atomic E-state index is 0.137. The Balaban J connectivity index is 1.59. The number of carbonyl (C=O) groups is 1. The van der Waals surface area contributed by atoms with Crippen LogP contribution in [0.4, 0.5) is 5.82 Å². The Morgan fingerprint density at radius 1 is 1.19 bits per heavy atom. The number of anilines is 1. The molecule has 0 atom stereocenters. The Morgan fingerprint density at radius 3 is 2.65 bits per heavy atom. The van der Waals surface area contributed by atoms with Crippen LogP contribution in [-0.4, -0.2) is 29.9 Å². The number of furan rings is 1. The highest BCUT2D eigenvalue weighted by atomic mass is 32.2. The predicted molar refractivity (Wildman–Crippen MR) is 96.5 cm³/mol. The number of benzene rings is 1. The lowest BCUT2D eigenvalue weighted by Crippen LogP contribution is -2.19. The van der Waals surface area contributed by atoms with Crippen LogP contribution in [-0.2, 0) is 21.2 Å².